The fourth-order valence-electron chi connectivity index (χ4n) is 1.36. The Kier molecular flexibility index (Phi) is 3.97. The molecule has 1 aromatic heterocycles. The minimum Gasteiger partial charge on any atom is -0.378 e. The van der Waals surface area contributed by atoms with Gasteiger partial charge in [-0.25, -0.2) is 9.37 Å². The number of aromatic nitrogens is 1. The highest BCUT2D eigenvalue weighted by Crippen LogP contribution is 2.20. The molecule has 1 aromatic carbocycles. The first-order valence-corrected chi connectivity index (χ1v) is 6.12. The number of anilines is 1. The second kappa shape index (κ2) is 5.47. The Labute approximate surface area is 112 Å². The summed E-state index contributed by atoms with van der Waals surface area (Å²) in [7, 11) is 0. The van der Waals surface area contributed by atoms with Gasteiger partial charge < -0.3 is 5.32 Å². The number of rotatable bonds is 3. The normalized spacial score (nSPS) is 10.3. The molecule has 1 heterocycles. The van der Waals surface area contributed by atoms with E-state index in [0.717, 1.165) is 11.3 Å². The number of hydrogen-bond donors (Lipinski definition) is 1. The second-order valence-electron chi connectivity index (χ2n) is 3.44. The van der Waals surface area contributed by atoms with Crippen LogP contribution in [-0.4, -0.2) is 4.98 Å². The molecular weight excluding hydrogens is 307 g/mol. The van der Waals surface area contributed by atoms with Gasteiger partial charge in [0.2, 0.25) is 0 Å². The van der Waals surface area contributed by atoms with Gasteiger partial charge in [-0.1, -0.05) is 17.7 Å². The SMILES string of the molecule is Fc1cc(CNc2cccnc2Cl)ccc1Br. The molecule has 5 heteroatoms. The van der Waals surface area contributed by atoms with E-state index in [2.05, 4.69) is 26.2 Å². The third-order valence-electron chi connectivity index (χ3n) is 2.23. The van der Waals surface area contributed by atoms with Crippen molar-refractivity contribution in [1.29, 1.82) is 0 Å². The van der Waals surface area contributed by atoms with Crippen LogP contribution in [0.2, 0.25) is 5.15 Å². The molecule has 2 nitrogen and oxygen atoms in total. The quantitative estimate of drug-likeness (QED) is 0.857. The largest absolute Gasteiger partial charge is 0.378 e. The first-order valence-electron chi connectivity index (χ1n) is 4.95. The molecule has 17 heavy (non-hydrogen) atoms. The van der Waals surface area contributed by atoms with Crippen molar-refractivity contribution in [3.63, 3.8) is 0 Å². The smallest absolute Gasteiger partial charge is 0.152 e. The number of benzene rings is 1. The first kappa shape index (κ1) is 12.3. The molecule has 0 saturated carbocycles. The Hall–Kier alpha value is -1.13. The van der Waals surface area contributed by atoms with E-state index in [1.54, 1.807) is 18.3 Å². The molecule has 0 saturated heterocycles. The van der Waals surface area contributed by atoms with E-state index < -0.39 is 0 Å². The molecule has 0 fully saturated rings. The number of nitrogens with zero attached hydrogens (tertiary/aromatic N) is 1. The fourth-order valence-corrected chi connectivity index (χ4v) is 1.80. The first-order chi connectivity index (χ1) is 8.16. The number of halogens is 3. The summed E-state index contributed by atoms with van der Waals surface area (Å²) in [6.45, 7) is 0.496. The lowest BCUT2D eigenvalue weighted by molar-refractivity contribution is 0.619. The maximum atomic E-state index is 13.3. The zero-order valence-corrected chi connectivity index (χ0v) is 11.1. The molecule has 0 bridgehead atoms. The number of hydrogen-bond acceptors (Lipinski definition) is 2. The van der Waals surface area contributed by atoms with Gasteiger partial charge >= 0.3 is 0 Å². The van der Waals surface area contributed by atoms with Gasteiger partial charge in [0.05, 0.1) is 10.2 Å². The van der Waals surface area contributed by atoms with Crippen LogP contribution in [0, 0.1) is 5.82 Å². The summed E-state index contributed by atoms with van der Waals surface area (Å²) >= 11 is 9.00. The van der Waals surface area contributed by atoms with E-state index in [-0.39, 0.29) is 5.82 Å². The van der Waals surface area contributed by atoms with Crippen LogP contribution in [0.25, 0.3) is 0 Å². The summed E-state index contributed by atoms with van der Waals surface area (Å²) in [5.74, 6) is -0.276. The molecule has 0 spiro atoms. The van der Waals surface area contributed by atoms with Crippen molar-refractivity contribution in [3.05, 3.63) is 57.5 Å². The number of pyridine rings is 1. The van der Waals surface area contributed by atoms with Gasteiger partial charge in [-0.2, -0.15) is 0 Å². The summed E-state index contributed by atoms with van der Waals surface area (Å²) in [5.41, 5.74) is 1.57. The molecule has 0 unspecified atom stereocenters. The molecule has 2 aromatic rings. The monoisotopic (exact) mass is 314 g/mol. The van der Waals surface area contributed by atoms with E-state index >= 15 is 0 Å². The predicted molar refractivity (Wildman–Crippen MR) is 70.7 cm³/mol. The summed E-state index contributed by atoms with van der Waals surface area (Å²) < 4.78 is 13.7. The van der Waals surface area contributed by atoms with Crippen molar-refractivity contribution >= 4 is 33.2 Å². The Morgan fingerprint density at radius 1 is 1.35 bits per heavy atom. The summed E-state index contributed by atoms with van der Waals surface area (Å²) in [4.78, 5) is 3.94. The van der Waals surface area contributed by atoms with Crippen molar-refractivity contribution in [2.45, 2.75) is 6.54 Å². The molecule has 0 radical (unpaired) electrons. The standard InChI is InChI=1S/C12H9BrClFN2/c13-9-4-3-8(6-10(9)15)7-17-11-2-1-5-16-12(11)14/h1-6,17H,7H2. The van der Waals surface area contributed by atoms with E-state index in [0.29, 0.717) is 16.2 Å². The van der Waals surface area contributed by atoms with E-state index in [4.69, 9.17) is 11.6 Å². The molecule has 1 N–H and O–H groups in total. The van der Waals surface area contributed by atoms with Crippen molar-refractivity contribution in [2.24, 2.45) is 0 Å². The van der Waals surface area contributed by atoms with Crippen molar-refractivity contribution in [2.75, 3.05) is 5.32 Å². The van der Waals surface area contributed by atoms with Gasteiger partial charge in [0, 0.05) is 12.7 Å². The zero-order chi connectivity index (χ0) is 12.3. The van der Waals surface area contributed by atoms with Crippen molar-refractivity contribution < 1.29 is 4.39 Å². The Morgan fingerprint density at radius 2 is 2.18 bits per heavy atom. The third kappa shape index (κ3) is 3.17. The average molecular weight is 316 g/mol. The maximum Gasteiger partial charge on any atom is 0.152 e. The Morgan fingerprint density at radius 3 is 2.88 bits per heavy atom. The lowest BCUT2D eigenvalue weighted by Crippen LogP contribution is -2.01. The minimum atomic E-state index is -0.276. The fraction of sp³-hybridized carbons (Fsp3) is 0.0833. The lowest BCUT2D eigenvalue weighted by atomic mass is 10.2. The Bertz CT molecular complexity index is 534. The zero-order valence-electron chi connectivity index (χ0n) is 8.75. The van der Waals surface area contributed by atoms with E-state index in [1.807, 2.05) is 12.1 Å². The second-order valence-corrected chi connectivity index (χ2v) is 4.66. The Balaban J connectivity index is 2.08. The van der Waals surface area contributed by atoms with E-state index in [9.17, 15) is 4.39 Å². The topological polar surface area (TPSA) is 24.9 Å². The highest BCUT2D eigenvalue weighted by molar-refractivity contribution is 9.10. The average Bonchev–Trinajstić information content (AvgIpc) is 2.32. The highest BCUT2D eigenvalue weighted by atomic mass is 79.9. The summed E-state index contributed by atoms with van der Waals surface area (Å²) in [6.07, 6.45) is 1.62. The minimum absolute atomic E-state index is 0.276. The molecule has 0 amide bonds. The summed E-state index contributed by atoms with van der Waals surface area (Å²) in [5, 5.41) is 3.51. The molecule has 0 aliphatic carbocycles. The van der Waals surface area contributed by atoms with E-state index in [1.165, 1.54) is 6.07 Å². The number of nitrogens with one attached hydrogen (secondary N) is 1. The molecule has 0 aliphatic heterocycles. The van der Waals surface area contributed by atoms with Crippen LogP contribution in [-0.2, 0) is 6.54 Å². The molecular formula is C12H9BrClFN2. The highest BCUT2D eigenvalue weighted by Gasteiger charge is 2.02. The van der Waals surface area contributed by atoms with Crippen LogP contribution < -0.4 is 5.32 Å². The van der Waals surface area contributed by atoms with Crippen LogP contribution in [0.5, 0.6) is 0 Å². The van der Waals surface area contributed by atoms with Gasteiger partial charge in [0.15, 0.2) is 5.15 Å². The van der Waals surface area contributed by atoms with Crippen molar-refractivity contribution in [3.8, 4) is 0 Å². The molecule has 0 aliphatic rings. The molecule has 0 atom stereocenters. The van der Waals surface area contributed by atoms with Gasteiger partial charge in [-0.05, 0) is 45.8 Å². The van der Waals surface area contributed by atoms with Crippen LogP contribution in [0.15, 0.2) is 41.0 Å². The summed E-state index contributed by atoms with van der Waals surface area (Å²) in [6, 6.07) is 8.60. The lowest BCUT2D eigenvalue weighted by Gasteiger charge is -2.07. The van der Waals surface area contributed by atoms with Gasteiger partial charge in [0.1, 0.15) is 5.82 Å². The van der Waals surface area contributed by atoms with Crippen LogP contribution in [0.1, 0.15) is 5.56 Å². The molecule has 88 valence electrons. The predicted octanol–water partition coefficient (Wildman–Crippen LogP) is 4.25. The van der Waals surface area contributed by atoms with Crippen LogP contribution in [0.3, 0.4) is 0 Å². The molecule has 2 rings (SSSR count). The van der Waals surface area contributed by atoms with Gasteiger partial charge in [-0.3, -0.25) is 0 Å². The van der Waals surface area contributed by atoms with Crippen LogP contribution >= 0.6 is 27.5 Å². The third-order valence-corrected chi connectivity index (χ3v) is 3.17. The van der Waals surface area contributed by atoms with Gasteiger partial charge in [-0.15, -0.1) is 0 Å². The van der Waals surface area contributed by atoms with Gasteiger partial charge in [0.25, 0.3) is 0 Å². The van der Waals surface area contributed by atoms with Crippen LogP contribution in [0.4, 0.5) is 10.1 Å². The maximum absolute atomic E-state index is 13.3. The van der Waals surface area contributed by atoms with Crippen molar-refractivity contribution in [1.82, 2.24) is 4.98 Å².